The number of rotatable bonds is 3. The molecule has 2 N–H and O–H groups in total. The van der Waals surface area contributed by atoms with Crippen LogP contribution in [-0.2, 0) is 0 Å². The van der Waals surface area contributed by atoms with Crippen molar-refractivity contribution in [3.8, 4) is 0 Å². The summed E-state index contributed by atoms with van der Waals surface area (Å²) in [6.45, 7) is 2.38. The number of nitrogens with zero attached hydrogens (tertiary/aromatic N) is 2. The van der Waals surface area contributed by atoms with Gasteiger partial charge in [-0.05, 0) is 31.6 Å². The van der Waals surface area contributed by atoms with Crippen LogP contribution in [0.2, 0.25) is 5.15 Å². The molecule has 1 aromatic rings. The Kier molecular flexibility index (Phi) is 3.84. The van der Waals surface area contributed by atoms with Crippen molar-refractivity contribution >= 4 is 17.4 Å². The first-order valence-corrected chi connectivity index (χ1v) is 6.38. The fourth-order valence-electron chi connectivity index (χ4n) is 2.31. The van der Waals surface area contributed by atoms with Gasteiger partial charge in [0.2, 0.25) is 0 Å². The van der Waals surface area contributed by atoms with Crippen LogP contribution in [0.1, 0.15) is 32.6 Å². The molecule has 0 bridgehead atoms. The Morgan fingerprint density at radius 3 is 2.76 bits per heavy atom. The quantitative estimate of drug-likeness (QED) is 0.815. The second kappa shape index (κ2) is 5.19. The van der Waals surface area contributed by atoms with Crippen LogP contribution in [0.15, 0.2) is 12.4 Å². The number of aliphatic hydroxyl groups excluding tert-OH is 1. The van der Waals surface area contributed by atoms with Crippen LogP contribution in [-0.4, -0.2) is 27.2 Å². The van der Waals surface area contributed by atoms with Crippen LogP contribution in [0, 0.1) is 5.92 Å². The van der Waals surface area contributed by atoms with Crippen LogP contribution < -0.4 is 5.32 Å². The SMILES string of the molecule is CC1CCC(CO)(Nc2cc(Cl)ncn2)CC1. The lowest BCUT2D eigenvalue weighted by atomic mass is 9.77. The molecule has 0 atom stereocenters. The maximum Gasteiger partial charge on any atom is 0.134 e. The topological polar surface area (TPSA) is 58.0 Å². The Labute approximate surface area is 106 Å². The van der Waals surface area contributed by atoms with E-state index in [-0.39, 0.29) is 12.1 Å². The second-order valence-electron chi connectivity index (χ2n) is 4.97. The molecule has 94 valence electrons. The third kappa shape index (κ3) is 3.07. The van der Waals surface area contributed by atoms with E-state index in [4.69, 9.17) is 11.6 Å². The van der Waals surface area contributed by atoms with E-state index in [1.165, 1.54) is 6.33 Å². The summed E-state index contributed by atoms with van der Waals surface area (Å²) in [6, 6.07) is 1.69. The van der Waals surface area contributed by atoms with Gasteiger partial charge in [0.1, 0.15) is 17.3 Å². The standard InChI is InChI=1S/C12H18ClN3O/c1-9-2-4-12(7-17,5-3-9)16-11-6-10(13)14-8-15-11/h6,8-9,17H,2-5,7H2,1H3,(H,14,15,16). The zero-order chi connectivity index (χ0) is 12.3. The van der Waals surface area contributed by atoms with E-state index in [1.807, 2.05) is 0 Å². The molecular weight excluding hydrogens is 238 g/mol. The van der Waals surface area contributed by atoms with Crippen LogP contribution in [0.3, 0.4) is 0 Å². The van der Waals surface area contributed by atoms with Crippen LogP contribution in [0.4, 0.5) is 5.82 Å². The fraction of sp³-hybridized carbons (Fsp3) is 0.667. The van der Waals surface area contributed by atoms with Gasteiger partial charge in [0.25, 0.3) is 0 Å². The van der Waals surface area contributed by atoms with Gasteiger partial charge in [0, 0.05) is 6.07 Å². The molecule has 1 fully saturated rings. The highest BCUT2D eigenvalue weighted by Crippen LogP contribution is 2.34. The van der Waals surface area contributed by atoms with Gasteiger partial charge >= 0.3 is 0 Å². The maximum absolute atomic E-state index is 9.62. The Hall–Kier alpha value is -0.870. The fourth-order valence-corrected chi connectivity index (χ4v) is 2.46. The highest BCUT2D eigenvalue weighted by Gasteiger charge is 2.33. The van der Waals surface area contributed by atoms with Crippen molar-refractivity contribution in [2.24, 2.45) is 5.92 Å². The highest BCUT2D eigenvalue weighted by atomic mass is 35.5. The van der Waals surface area contributed by atoms with Gasteiger partial charge in [-0.1, -0.05) is 18.5 Å². The first kappa shape index (κ1) is 12.6. The molecule has 0 radical (unpaired) electrons. The Balaban J connectivity index is 2.09. The zero-order valence-corrected chi connectivity index (χ0v) is 10.7. The van der Waals surface area contributed by atoms with Crippen molar-refractivity contribution in [2.75, 3.05) is 11.9 Å². The van der Waals surface area contributed by atoms with Gasteiger partial charge in [-0.3, -0.25) is 0 Å². The van der Waals surface area contributed by atoms with Crippen LogP contribution in [0.5, 0.6) is 0 Å². The Bertz CT molecular complexity index is 378. The third-order valence-electron chi connectivity index (χ3n) is 3.56. The summed E-state index contributed by atoms with van der Waals surface area (Å²) >= 11 is 5.82. The molecule has 2 rings (SSSR count). The summed E-state index contributed by atoms with van der Waals surface area (Å²) < 4.78 is 0. The van der Waals surface area contributed by atoms with E-state index in [0.717, 1.165) is 31.6 Å². The molecule has 0 aromatic carbocycles. The molecule has 1 heterocycles. The average molecular weight is 256 g/mol. The zero-order valence-electron chi connectivity index (χ0n) is 9.99. The van der Waals surface area contributed by atoms with Crippen molar-refractivity contribution in [2.45, 2.75) is 38.1 Å². The first-order chi connectivity index (χ1) is 8.13. The van der Waals surface area contributed by atoms with Crippen molar-refractivity contribution in [1.82, 2.24) is 9.97 Å². The molecule has 4 nitrogen and oxygen atoms in total. The number of hydrogen-bond acceptors (Lipinski definition) is 4. The third-order valence-corrected chi connectivity index (χ3v) is 3.77. The largest absolute Gasteiger partial charge is 0.394 e. The van der Waals surface area contributed by atoms with E-state index >= 15 is 0 Å². The predicted octanol–water partition coefficient (Wildman–Crippen LogP) is 2.48. The minimum Gasteiger partial charge on any atom is -0.394 e. The van der Waals surface area contributed by atoms with E-state index in [9.17, 15) is 5.11 Å². The first-order valence-electron chi connectivity index (χ1n) is 6.00. The summed E-state index contributed by atoms with van der Waals surface area (Å²) in [7, 11) is 0. The lowest BCUT2D eigenvalue weighted by molar-refractivity contribution is 0.155. The van der Waals surface area contributed by atoms with Gasteiger partial charge in [-0.15, -0.1) is 0 Å². The summed E-state index contributed by atoms with van der Waals surface area (Å²) in [5.41, 5.74) is -0.246. The molecule has 17 heavy (non-hydrogen) atoms. The number of hydrogen-bond donors (Lipinski definition) is 2. The second-order valence-corrected chi connectivity index (χ2v) is 5.36. The molecule has 0 spiro atoms. The van der Waals surface area contributed by atoms with E-state index in [1.54, 1.807) is 6.07 Å². The summed E-state index contributed by atoms with van der Waals surface area (Å²) in [4.78, 5) is 7.97. The van der Waals surface area contributed by atoms with E-state index in [0.29, 0.717) is 11.0 Å². The molecule has 0 amide bonds. The van der Waals surface area contributed by atoms with Crippen molar-refractivity contribution in [3.63, 3.8) is 0 Å². The minimum atomic E-state index is -0.246. The molecular formula is C12H18ClN3O. The van der Waals surface area contributed by atoms with Gasteiger partial charge in [0.15, 0.2) is 0 Å². The minimum absolute atomic E-state index is 0.126. The van der Waals surface area contributed by atoms with Gasteiger partial charge in [0.05, 0.1) is 12.1 Å². The number of aromatic nitrogens is 2. The number of aliphatic hydroxyl groups is 1. The Morgan fingerprint density at radius 2 is 2.18 bits per heavy atom. The summed E-state index contributed by atoms with van der Waals surface area (Å²) in [6.07, 6.45) is 5.62. The van der Waals surface area contributed by atoms with Gasteiger partial charge in [-0.2, -0.15) is 0 Å². The van der Waals surface area contributed by atoms with Crippen molar-refractivity contribution < 1.29 is 5.11 Å². The van der Waals surface area contributed by atoms with Crippen molar-refractivity contribution in [3.05, 3.63) is 17.5 Å². The van der Waals surface area contributed by atoms with E-state index in [2.05, 4.69) is 22.2 Å². The molecule has 0 unspecified atom stereocenters. The summed E-state index contributed by atoms with van der Waals surface area (Å²) in [5.74, 6) is 1.43. The van der Waals surface area contributed by atoms with E-state index < -0.39 is 0 Å². The average Bonchev–Trinajstić information content (AvgIpc) is 2.33. The van der Waals surface area contributed by atoms with Gasteiger partial charge < -0.3 is 10.4 Å². The normalized spacial score (nSPS) is 29.0. The molecule has 5 heteroatoms. The molecule has 1 aliphatic rings. The highest BCUT2D eigenvalue weighted by molar-refractivity contribution is 6.29. The van der Waals surface area contributed by atoms with Crippen LogP contribution >= 0.6 is 11.6 Å². The molecule has 0 aliphatic heterocycles. The van der Waals surface area contributed by atoms with Crippen LogP contribution in [0.25, 0.3) is 0 Å². The molecule has 1 aliphatic carbocycles. The Morgan fingerprint density at radius 1 is 1.47 bits per heavy atom. The number of halogens is 1. The lowest BCUT2D eigenvalue weighted by Crippen LogP contribution is -2.45. The summed E-state index contributed by atoms with van der Waals surface area (Å²) in [5, 5.41) is 13.4. The van der Waals surface area contributed by atoms with Crippen molar-refractivity contribution in [1.29, 1.82) is 0 Å². The molecule has 1 aromatic heterocycles. The number of anilines is 1. The number of nitrogens with one attached hydrogen (secondary N) is 1. The smallest absolute Gasteiger partial charge is 0.134 e. The maximum atomic E-state index is 9.62. The molecule has 1 saturated carbocycles. The lowest BCUT2D eigenvalue weighted by Gasteiger charge is -2.39. The van der Waals surface area contributed by atoms with Gasteiger partial charge in [-0.25, -0.2) is 9.97 Å². The molecule has 0 saturated heterocycles. The monoisotopic (exact) mass is 255 g/mol. The predicted molar refractivity (Wildman–Crippen MR) is 68.1 cm³/mol.